The van der Waals surface area contributed by atoms with Gasteiger partial charge < -0.3 is 34.3 Å². The SMILES string of the molecule is CCCCCCCC/C=C/CCCCCCCC(=O)O[C@H](COC(=O)CCCCCCCCCCCCCCCCCCCC)CO[C@H]1O[C@H](CS(=O)(=O)O)[C@@H](O)C(O)C1O. The summed E-state index contributed by atoms with van der Waals surface area (Å²) in [5.74, 6) is -1.98. The third-order valence-electron chi connectivity index (χ3n) is 11.6. The number of ether oxygens (including phenoxy) is 4. The average Bonchev–Trinajstić information content (AvgIpc) is 3.22. The predicted octanol–water partition coefficient (Wildman–Crippen LogP) is 10.6. The minimum atomic E-state index is -4.60. The molecule has 0 radical (unpaired) electrons. The third-order valence-corrected chi connectivity index (χ3v) is 12.3. The zero-order chi connectivity index (χ0) is 44.8. The van der Waals surface area contributed by atoms with Gasteiger partial charge in [-0.25, -0.2) is 0 Å². The van der Waals surface area contributed by atoms with Crippen LogP contribution in [-0.4, -0.2) is 96.0 Å². The van der Waals surface area contributed by atoms with Crippen LogP contribution in [0.4, 0.5) is 0 Å². The molecule has 6 atom stereocenters. The lowest BCUT2D eigenvalue weighted by Crippen LogP contribution is -2.60. The monoisotopic (exact) mass is 891 g/mol. The maximum atomic E-state index is 12.8. The van der Waals surface area contributed by atoms with Crippen molar-refractivity contribution < 1.29 is 56.8 Å². The lowest BCUT2D eigenvalue weighted by atomic mass is 10.00. The van der Waals surface area contributed by atoms with E-state index in [1.165, 1.54) is 128 Å². The molecule has 1 aliphatic rings. The van der Waals surface area contributed by atoms with Gasteiger partial charge >= 0.3 is 11.9 Å². The van der Waals surface area contributed by atoms with E-state index in [1.807, 2.05) is 0 Å². The molecule has 2 unspecified atom stereocenters. The molecule has 1 heterocycles. The Morgan fingerprint density at radius 1 is 0.541 bits per heavy atom. The first-order chi connectivity index (χ1) is 29.5. The fourth-order valence-electron chi connectivity index (χ4n) is 7.73. The van der Waals surface area contributed by atoms with Gasteiger partial charge in [0.15, 0.2) is 12.4 Å². The zero-order valence-electron chi connectivity index (χ0n) is 38.5. The molecule has 0 spiro atoms. The van der Waals surface area contributed by atoms with Crippen LogP contribution in [0.15, 0.2) is 12.2 Å². The van der Waals surface area contributed by atoms with Crippen LogP contribution in [0.25, 0.3) is 0 Å². The van der Waals surface area contributed by atoms with Crippen molar-refractivity contribution in [2.24, 2.45) is 0 Å². The molecule has 13 heteroatoms. The first-order valence-corrected chi connectivity index (χ1v) is 26.4. The molecule has 0 aromatic carbocycles. The van der Waals surface area contributed by atoms with Gasteiger partial charge in [0.05, 0.1) is 6.61 Å². The Balaban J connectivity index is 2.39. The third kappa shape index (κ3) is 33.6. The maximum Gasteiger partial charge on any atom is 0.306 e. The van der Waals surface area contributed by atoms with E-state index in [0.717, 1.165) is 57.8 Å². The Kier molecular flexibility index (Phi) is 36.5. The Hall–Kier alpha value is -1.61. The van der Waals surface area contributed by atoms with Crippen molar-refractivity contribution in [1.29, 1.82) is 0 Å². The molecule has 360 valence electrons. The number of aliphatic hydroxyl groups excluding tert-OH is 3. The molecule has 1 fully saturated rings. The smallest absolute Gasteiger partial charge is 0.306 e. The highest BCUT2D eigenvalue weighted by Gasteiger charge is 2.46. The summed E-state index contributed by atoms with van der Waals surface area (Å²) >= 11 is 0. The van der Waals surface area contributed by atoms with Gasteiger partial charge in [-0.1, -0.05) is 187 Å². The number of carbonyl (C=O) groups excluding carboxylic acids is 2. The summed E-state index contributed by atoms with van der Waals surface area (Å²) in [6.45, 7) is 3.78. The van der Waals surface area contributed by atoms with Crippen molar-refractivity contribution in [2.75, 3.05) is 19.0 Å². The van der Waals surface area contributed by atoms with Gasteiger partial charge in [-0.05, 0) is 38.5 Å². The molecule has 0 aliphatic carbocycles. The second kappa shape index (κ2) is 38.8. The van der Waals surface area contributed by atoms with Crippen LogP contribution in [-0.2, 0) is 38.7 Å². The normalized spacial score (nSPS) is 20.0. The number of aliphatic hydroxyl groups is 3. The van der Waals surface area contributed by atoms with Gasteiger partial charge in [-0.2, -0.15) is 8.42 Å². The van der Waals surface area contributed by atoms with Crippen molar-refractivity contribution in [2.45, 2.75) is 263 Å². The molecule has 61 heavy (non-hydrogen) atoms. The van der Waals surface area contributed by atoms with E-state index in [2.05, 4.69) is 26.0 Å². The summed E-state index contributed by atoms with van der Waals surface area (Å²) in [4.78, 5) is 25.5. The van der Waals surface area contributed by atoms with Crippen LogP contribution < -0.4 is 0 Å². The minimum Gasteiger partial charge on any atom is -0.462 e. The van der Waals surface area contributed by atoms with Crippen LogP contribution in [0.2, 0.25) is 0 Å². The molecule has 0 aromatic heterocycles. The number of hydrogen-bond donors (Lipinski definition) is 4. The van der Waals surface area contributed by atoms with E-state index in [-0.39, 0.29) is 19.4 Å². The molecule has 0 saturated carbocycles. The van der Waals surface area contributed by atoms with Crippen LogP contribution in [0.5, 0.6) is 0 Å². The molecule has 0 bridgehead atoms. The number of rotatable bonds is 42. The number of hydrogen-bond acceptors (Lipinski definition) is 11. The second-order valence-electron chi connectivity index (χ2n) is 17.5. The first-order valence-electron chi connectivity index (χ1n) is 24.7. The van der Waals surface area contributed by atoms with Gasteiger partial charge in [0.2, 0.25) is 0 Å². The Morgan fingerprint density at radius 2 is 0.934 bits per heavy atom. The highest BCUT2D eigenvalue weighted by atomic mass is 32.2. The summed E-state index contributed by atoms with van der Waals surface area (Å²) in [5.41, 5.74) is 0. The highest BCUT2D eigenvalue weighted by Crippen LogP contribution is 2.24. The van der Waals surface area contributed by atoms with Crippen LogP contribution in [0.3, 0.4) is 0 Å². The Bertz CT molecular complexity index is 1180. The summed E-state index contributed by atoms with van der Waals surface area (Å²) in [6, 6.07) is 0. The van der Waals surface area contributed by atoms with Gasteiger partial charge in [0.25, 0.3) is 10.1 Å². The van der Waals surface area contributed by atoms with E-state index in [1.54, 1.807) is 0 Å². The topological polar surface area (TPSA) is 186 Å². The fraction of sp³-hybridized carbons (Fsp3) is 0.917. The van der Waals surface area contributed by atoms with Crippen molar-refractivity contribution >= 4 is 22.1 Å². The standard InChI is InChI=1S/C48H90O12S/c1-3-5-7-9-11-13-15-17-19-20-21-23-24-26-28-30-32-34-36-43(49)57-38-41(39-58-48-47(53)46(52)45(51)42(60-48)40-61(54,55)56)59-44(50)37-35-33-31-29-27-25-22-18-16-14-12-10-8-6-4-2/h18,22,41-42,45-48,51-53H,3-17,19-21,23-40H2,1-2H3,(H,54,55,56)/b22-18+/t41-,42-,45-,46?,47?,48+/m1/s1. The van der Waals surface area contributed by atoms with Crippen LogP contribution >= 0.6 is 0 Å². The second-order valence-corrected chi connectivity index (χ2v) is 19.0. The fourth-order valence-corrected chi connectivity index (χ4v) is 8.42. The minimum absolute atomic E-state index is 0.159. The Morgan fingerprint density at radius 3 is 1.36 bits per heavy atom. The number of unbranched alkanes of at least 4 members (excludes halogenated alkanes) is 28. The number of allylic oxidation sites excluding steroid dienone is 2. The lowest BCUT2D eigenvalue weighted by Gasteiger charge is -2.40. The van der Waals surface area contributed by atoms with Crippen molar-refractivity contribution in [3.63, 3.8) is 0 Å². The molecule has 0 amide bonds. The van der Waals surface area contributed by atoms with Gasteiger partial charge in [0, 0.05) is 12.8 Å². The molecule has 4 N–H and O–H groups in total. The van der Waals surface area contributed by atoms with Gasteiger partial charge in [-0.3, -0.25) is 14.1 Å². The molecule has 12 nitrogen and oxygen atoms in total. The zero-order valence-corrected chi connectivity index (χ0v) is 39.4. The van der Waals surface area contributed by atoms with E-state index < -0.39 is 71.2 Å². The Labute approximate surface area is 371 Å². The molecular formula is C48H90O12S. The van der Waals surface area contributed by atoms with Crippen molar-refractivity contribution in [3.8, 4) is 0 Å². The molecule has 1 saturated heterocycles. The van der Waals surface area contributed by atoms with Gasteiger partial charge in [-0.15, -0.1) is 0 Å². The number of carbonyl (C=O) groups is 2. The molecule has 0 aromatic rings. The average molecular weight is 891 g/mol. The summed E-state index contributed by atoms with van der Waals surface area (Å²) in [5, 5.41) is 30.9. The van der Waals surface area contributed by atoms with E-state index in [9.17, 15) is 37.9 Å². The lowest BCUT2D eigenvalue weighted by molar-refractivity contribution is -0.297. The van der Waals surface area contributed by atoms with E-state index >= 15 is 0 Å². The van der Waals surface area contributed by atoms with Crippen molar-refractivity contribution in [3.05, 3.63) is 12.2 Å². The van der Waals surface area contributed by atoms with E-state index in [0.29, 0.717) is 12.8 Å². The first kappa shape index (κ1) is 57.4. The van der Waals surface area contributed by atoms with E-state index in [4.69, 9.17) is 18.9 Å². The summed E-state index contributed by atoms with van der Waals surface area (Å²) in [7, 11) is -4.60. The molecule has 1 aliphatic heterocycles. The number of esters is 2. The quantitative estimate of drug-likeness (QED) is 0.0197. The summed E-state index contributed by atoms with van der Waals surface area (Å²) < 4.78 is 54.2. The predicted molar refractivity (Wildman–Crippen MR) is 243 cm³/mol. The maximum absolute atomic E-state index is 12.8. The van der Waals surface area contributed by atoms with Crippen molar-refractivity contribution in [1.82, 2.24) is 0 Å². The highest BCUT2D eigenvalue weighted by molar-refractivity contribution is 7.85. The molecular weight excluding hydrogens is 801 g/mol. The molecule has 1 rings (SSSR count). The largest absolute Gasteiger partial charge is 0.462 e. The van der Waals surface area contributed by atoms with Crippen LogP contribution in [0, 0.1) is 0 Å². The van der Waals surface area contributed by atoms with Gasteiger partial charge in [0.1, 0.15) is 36.8 Å². The van der Waals surface area contributed by atoms with Crippen LogP contribution in [0.1, 0.15) is 226 Å². The summed E-state index contributed by atoms with van der Waals surface area (Å²) in [6.07, 6.45) is 32.5.